The molecule has 1 atom stereocenters. The fourth-order valence-corrected chi connectivity index (χ4v) is 1.04. The molecule has 2 N–H and O–H groups in total. The third-order valence-electron chi connectivity index (χ3n) is 2.76. The molecule has 0 bridgehead atoms. The molecule has 4 nitrogen and oxygen atoms in total. The van der Waals surface area contributed by atoms with Crippen molar-refractivity contribution in [1.29, 1.82) is 5.26 Å². The van der Waals surface area contributed by atoms with Crippen molar-refractivity contribution >= 4 is 5.82 Å². The lowest BCUT2D eigenvalue weighted by Crippen LogP contribution is -2.38. The average molecular weight is 219 g/mol. The predicted molar refractivity (Wildman–Crippen MR) is 62.9 cm³/mol. The van der Waals surface area contributed by atoms with Crippen molar-refractivity contribution in [3.8, 4) is 6.07 Å². The number of nitrogens with zero attached hydrogens (tertiary/aromatic N) is 2. The van der Waals surface area contributed by atoms with Gasteiger partial charge in [0.05, 0.1) is 11.2 Å². The molecular weight excluding hydrogens is 202 g/mol. The summed E-state index contributed by atoms with van der Waals surface area (Å²) in [5.74, 6) is 0.832. The van der Waals surface area contributed by atoms with Crippen LogP contribution in [-0.4, -0.2) is 22.2 Å². The maximum absolute atomic E-state index is 10.0. The van der Waals surface area contributed by atoms with Crippen molar-refractivity contribution < 1.29 is 5.11 Å². The summed E-state index contributed by atoms with van der Waals surface area (Å²) < 4.78 is 0. The number of anilines is 1. The Morgan fingerprint density at radius 1 is 1.56 bits per heavy atom. The number of nitriles is 1. The first-order valence-corrected chi connectivity index (χ1v) is 5.28. The number of hydrogen-bond acceptors (Lipinski definition) is 4. The highest BCUT2D eigenvalue weighted by atomic mass is 16.3. The first-order valence-electron chi connectivity index (χ1n) is 5.28. The third kappa shape index (κ3) is 3.21. The monoisotopic (exact) mass is 219 g/mol. The van der Waals surface area contributed by atoms with Crippen LogP contribution in [0, 0.1) is 17.2 Å². The second-order valence-electron chi connectivity index (χ2n) is 4.41. The first kappa shape index (κ1) is 12.5. The number of aliphatic hydroxyl groups is 1. The maximum Gasteiger partial charge on any atom is 0.126 e. The number of nitrogens with one attached hydrogen (secondary N) is 1. The summed E-state index contributed by atoms with van der Waals surface area (Å²) in [5.41, 5.74) is -0.239. The van der Waals surface area contributed by atoms with E-state index in [1.807, 2.05) is 19.9 Å². The van der Waals surface area contributed by atoms with E-state index in [1.165, 1.54) is 6.20 Å². The molecule has 4 heteroatoms. The van der Waals surface area contributed by atoms with E-state index in [0.717, 1.165) is 0 Å². The Hall–Kier alpha value is -1.60. The lowest BCUT2D eigenvalue weighted by molar-refractivity contribution is 0.0265. The highest BCUT2D eigenvalue weighted by molar-refractivity contribution is 5.39. The van der Waals surface area contributed by atoms with E-state index in [0.29, 0.717) is 17.9 Å². The van der Waals surface area contributed by atoms with Gasteiger partial charge in [0, 0.05) is 12.7 Å². The van der Waals surface area contributed by atoms with Gasteiger partial charge in [0.1, 0.15) is 11.9 Å². The van der Waals surface area contributed by atoms with Crippen LogP contribution in [0.2, 0.25) is 0 Å². The second-order valence-corrected chi connectivity index (χ2v) is 4.41. The van der Waals surface area contributed by atoms with Crippen LogP contribution in [0.3, 0.4) is 0 Å². The molecule has 0 saturated heterocycles. The van der Waals surface area contributed by atoms with E-state index in [9.17, 15) is 5.11 Å². The van der Waals surface area contributed by atoms with Crippen molar-refractivity contribution in [3.63, 3.8) is 0 Å². The van der Waals surface area contributed by atoms with E-state index >= 15 is 0 Å². The molecule has 1 rings (SSSR count). The molecule has 1 heterocycles. The normalized spacial score (nSPS) is 14.2. The Bertz CT molecular complexity index is 376. The minimum atomic E-state index is -0.768. The molecule has 1 aromatic rings. The Morgan fingerprint density at radius 3 is 2.69 bits per heavy atom. The Morgan fingerprint density at radius 2 is 2.25 bits per heavy atom. The Balaban J connectivity index is 2.59. The van der Waals surface area contributed by atoms with Crippen LogP contribution < -0.4 is 5.32 Å². The smallest absolute Gasteiger partial charge is 0.126 e. The molecule has 0 unspecified atom stereocenters. The maximum atomic E-state index is 10.0. The van der Waals surface area contributed by atoms with E-state index < -0.39 is 5.60 Å². The van der Waals surface area contributed by atoms with Crippen LogP contribution in [0.4, 0.5) is 5.82 Å². The SMILES string of the molecule is CC(C)[C@](C)(O)CNc1ccc(C#N)cn1. The van der Waals surface area contributed by atoms with Gasteiger partial charge >= 0.3 is 0 Å². The van der Waals surface area contributed by atoms with Crippen molar-refractivity contribution in [2.45, 2.75) is 26.4 Å². The topological polar surface area (TPSA) is 68.9 Å². The highest BCUT2D eigenvalue weighted by Gasteiger charge is 2.24. The van der Waals surface area contributed by atoms with Crippen molar-refractivity contribution in [2.75, 3.05) is 11.9 Å². The zero-order valence-electron chi connectivity index (χ0n) is 9.86. The first-order chi connectivity index (χ1) is 7.45. The summed E-state index contributed by atoms with van der Waals surface area (Å²) >= 11 is 0. The van der Waals surface area contributed by atoms with E-state index in [4.69, 9.17) is 5.26 Å². The molecule has 16 heavy (non-hydrogen) atoms. The van der Waals surface area contributed by atoms with Gasteiger partial charge in [-0.2, -0.15) is 5.26 Å². The fourth-order valence-electron chi connectivity index (χ4n) is 1.04. The zero-order chi connectivity index (χ0) is 12.2. The van der Waals surface area contributed by atoms with Gasteiger partial charge < -0.3 is 10.4 Å². The van der Waals surface area contributed by atoms with Crippen molar-refractivity contribution in [1.82, 2.24) is 4.98 Å². The second kappa shape index (κ2) is 4.95. The van der Waals surface area contributed by atoms with Crippen molar-refractivity contribution in [3.05, 3.63) is 23.9 Å². The molecule has 86 valence electrons. The molecule has 0 aliphatic carbocycles. The summed E-state index contributed by atoms with van der Waals surface area (Å²) in [6.45, 7) is 6.15. The summed E-state index contributed by atoms with van der Waals surface area (Å²) in [7, 11) is 0. The molecule has 0 aliphatic heterocycles. The summed E-state index contributed by atoms with van der Waals surface area (Å²) in [5, 5.41) is 21.7. The Labute approximate surface area is 95.9 Å². The molecule has 0 aliphatic rings. The molecule has 0 spiro atoms. The van der Waals surface area contributed by atoms with Crippen LogP contribution in [0.5, 0.6) is 0 Å². The highest BCUT2D eigenvalue weighted by Crippen LogP contribution is 2.16. The molecule has 0 fully saturated rings. The van der Waals surface area contributed by atoms with Crippen LogP contribution in [0.25, 0.3) is 0 Å². The van der Waals surface area contributed by atoms with Gasteiger partial charge in [-0.05, 0) is 25.0 Å². The summed E-state index contributed by atoms with van der Waals surface area (Å²) in [6.07, 6.45) is 1.51. The third-order valence-corrected chi connectivity index (χ3v) is 2.76. The van der Waals surface area contributed by atoms with Gasteiger partial charge in [0.25, 0.3) is 0 Å². The lowest BCUT2D eigenvalue weighted by Gasteiger charge is -2.28. The van der Waals surface area contributed by atoms with Crippen LogP contribution >= 0.6 is 0 Å². The largest absolute Gasteiger partial charge is 0.388 e. The van der Waals surface area contributed by atoms with Gasteiger partial charge in [0.2, 0.25) is 0 Å². The molecule has 0 radical (unpaired) electrons. The van der Waals surface area contributed by atoms with E-state index in [2.05, 4.69) is 10.3 Å². The number of hydrogen-bond donors (Lipinski definition) is 2. The zero-order valence-corrected chi connectivity index (χ0v) is 9.86. The van der Waals surface area contributed by atoms with Crippen LogP contribution in [0.15, 0.2) is 18.3 Å². The molecular formula is C12H17N3O. The minimum Gasteiger partial charge on any atom is -0.388 e. The Kier molecular flexibility index (Phi) is 3.86. The molecule has 0 amide bonds. The van der Waals surface area contributed by atoms with E-state index in [-0.39, 0.29) is 5.92 Å². The fraction of sp³-hybridized carbons (Fsp3) is 0.500. The lowest BCUT2D eigenvalue weighted by atomic mass is 9.93. The summed E-state index contributed by atoms with van der Waals surface area (Å²) in [6, 6.07) is 5.43. The molecule has 1 aromatic heterocycles. The standard InChI is InChI=1S/C12H17N3O/c1-9(2)12(3,16)8-15-11-5-4-10(6-13)7-14-11/h4-5,7,9,16H,8H2,1-3H3,(H,14,15)/t12-/m1/s1. The van der Waals surface area contributed by atoms with Gasteiger partial charge in [-0.25, -0.2) is 4.98 Å². The average Bonchev–Trinajstić information content (AvgIpc) is 2.27. The quantitative estimate of drug-likeness (QED) is 0.809. The number of aromatic nitrogens is 1. The molecule has 0 saturated carbocycles. The summed E-state index contributed by atoms with van der Waals surface area (Å²) in [4.78, 5) is 4.07. The van der Waals surface area contributed by atoms with Crippen LogP contribution in [-0.2, 0) is 0 Å². The predicted octanol–water partition coefficient (Wildman–Crippen LogP) is 1.77. The van der Waals surface area contributed by atoms with Crippen LogP contribution in [0.1, 0.15) is 26.3 Å². The molecule has 0 aromatic carbocycles. The van der Waals surface area contributed by atoms with E-state index in [1.54, 1.807) is 19.1 Å². The van der Waals surface area contributed by atoms with Gasteiger partial charge in [0.15, 0.2) is 0 Å². The number of rotatable bonds is 4. The van der Waals surface area contributed by atoms with Gasteiger partial charge in [-0.15, -0.1) is 0 Å². The van der Waals surface area contributed by atoms with Gasteiger partial charge in [-0.1, -0.05) is 13.8 Å². The number of pyridine rings is 1. The van der Waals surface area contributed by atoms with Gasteiger partial charge in [-0.3, -0.25) is 0 Å². The van der Waals surface area contributed by atoms with Crippen molar-refractivity contribution in [2.24, 2.45) is 5.92 Å². The minimum absolute atomic E-state index is 0.165.